The van der Waals surface area contributed by atoms with Gasteiger partial charge in [0.15, 0.2) is 5.82 Å². The summed E-state index contributed by atoms with van der Waals surface area (Å²) in [5.74, 6) is -1.29. The first-order valence-corrected chi connectivity index (χ1v) is 7.47. The van der Waals surface area contributed by atoms with Crippen LogP contribution >= 0.6 is 12.4 Å². The summed E-state index contributed by atoms with van der Waals surface area (Å²) in [6.07, 6.45) is 1.22. The quantitative estimate of drug-likeness (QED) is 0.739. The fourth-order valence-electron chi connectivity index (χ4n) is 2.44. The van der Waals surface area contributed by atoms with Crippen LogP contribution in [0.4, 0.5) is 14.6 Å². The van der Waals surface area contributed by atoms with Crippen LogP contribution < -0.4 is 11.1 Å². The molecule has 0 fully saturated rings. The van der Waals surface area contributed by atoms with Gasteiger partial charge in [-0.25, -0.2) is 8.78 Å². The molecule has 0 unspecified atom stereocenters. The lowest BCUT2D eigenvalue weighted by molar-refractivity contribution is -0.125. The largest absolute Gasteiger partial charge is 0.329 e. The van der Waals surface area contributed by atoms with E-state index in [9.17, 15) is 13.6 Å². The molecule has 0 bridgehead atoms. The first-order chi connectivity index (χ1) is 10.9. The zero-order valence-corrected chi connectivity index (χ0v) is 14.3. The minimum Gasteiger partial charge on any atom is -0.329 e. The summed E-state index contributed by atoms with van der Waals surface area (Å²) in [5, 5.41) is 9.33. The van der Waals surface area contributed by atoms with Gasteiger partial charge in [0.05, 0.1) is 11.1 Å². The zero-order valence-electron chi connectivity index (χ0n) is 13.5. The number of aromatic amines is 1. The number of aromatic nitrogens is 2. The Bertz CT molecular complexity index is 673. The van der Waals surface area contributed by atoms with E-state index < -0.39 is 17.0 Å². The molecule has 0 atom stereocenters. The molecular formula is C16H21ClF2N4O. The number of carbonyl (C=O) groups excluding carboxylic acids is 1. The first kappa shape index (κ1) is 20.1. The molecule has 0 saturated carbocycles. The second-order valence-electron chi connectivity index (χ2n) is 5.47. The molecule has 0 aliphatic carbocycles. The predicted molar refractivity (Wildman–Crippen MR) is 91.9 cm³/mol. The van der Waals surface area contributed by atoms with Gasteiger partial charge in [-0.1, -0.05) is 13.8 Å². The summed E-state index contributed by atoms with van der Waals surface area (Å²) in [6, 6.07) is 4.69. The molecule has 1 aromatic heterocycles. The van der Waals surface area contributed by atoms with Gasteiger partial charge in [-0.05, 0) is 25.0 Å². The van der Waals surface area contributed by atoms with E-state index >= 15 is 0 Å². The lowest BCUT2D eigenvalue weighted by Gasteiger charge is -2.27. The van der Waals surface area contributed by atoms with Crippen molar-refractivity contribution in [3.05, 3.63) is 35.9 Å². The average Bonchev–Trinajstić information content (AvgIpc) is 2.97. The first-order valence-electron chi connectivity index (χ1n) is 7.47. The van der Waals surface area contributed by atoms with Crippen molar-refractivity contribution in [2.45, 2.75) is 26.7 Å². The van der Waals surface area contributed by atoms with Gasteiger partial charge in [0.2, 0.25) is 5.91 Å². The fourth-order valence-corrected chi connectivity index (χ4v) is 2.44. The Morgan fingerprint density at radius 2 is 1.79 bits per heavy atom. The van der Waals surface area contributed by atoms with Gasteiger partial charge in [0.25, 0.3) is 0 Å². The van der Waals surface area contributed by atoms with Gasteiger partial charge in [-0.2, -0.15) is 5.10 Å². The topological polar surface area (TPSA) is 83.8 Å². The Hall–Kier alpha value is -1.99. The lowest BCUT2D eigenvalue weighted by Crippen LogP contribution is -2.41. The van der Waals surface area contributed by atoms with Crippen LogP contribution in [0.3, 0.4) is 0 Å². The van der Waals surface area contributed by atoms with Crippen molar-refractivity contribution in [1.29, 1.82) is 0 Å². The number of amides is 1. The normalized spacial score (nSPS) is 11.0. The molecule has 2 rings (SSSR count). The molecule has 8 heteroatoms. The molecule has 0 aliphatic rings. The number of nitrogens with zero attached hydrogens (tertiary/aromatic N) is 1. The molecule has 0 spiro atoms. The predicted octanol–water partition coefficient (Wildman–Crippen LogP) is 3.48. The number of halogens is 3. The van der Waals surface area contributed by atoms with Crippen LogP contribution in [0.15, 0.2) is 24.3 Å². The van der Waals surface area contributed by atoms with Gasteiger partial charge in [0.1, 0.15) is 11.6 Å². The molecule has 1 amide bonds. The number of benzene rings is 1. The Kier molecular flexibility index (Phi) is 6.86. The van der Waals surface area contributed by atoms with E-state index in [0.29, 0.717) is 24.1 Å². The third-order valence-corrected chi connectivity index (χ3v) is 4.22. The van der Waals surface area contributed by atoms with Gasteiger partial charge in [-0.3, -0.25) is 9.89 Å². The SMILES string of the molecule is CCC(CC)(CN)C(=O)Nc1cc(-c2cc(F)cc(F)c2)[nH]n1.Cl. The highest BCUT2D eigenvalue weighted by molar-refractivity contribution is 5.95. The van der Waals surface area contributed by atoms with Crippen LogP contribution in [0.2, 0.25) is 0 Å². The maximum Gasteiger partial charge on any atom is 0.233 e. The molecule has 5 nitrogen and oxygen atoms in total. The van der Waals surface area contributed by atoms with Crippen LogP contribution in [-0.2, 0) is 4.79 Å². The van der Waals surface area contributed by atoms with Gasteiger partial charge >= 0.3 is 0 Å². The summed E-state index contributed by atoms with van der Waals surface area (Å²) in [6.45, 7) is 4.04. The number of anilines is 1. The van der Waals surface area contributed by atoms with E-state index in [2.05, 4.69) is 15.5 Å². The molecular weight excluding hydrogens is 338 g/mol. The molecule has 0 radical (unpaired) electrons. The van der Waals surface area contributed by atoms with Crippen molar-refractivity contribution in [2.24, 2.45) is 11.1 Å². The zero-order chi connectivity index (χ0) is 17.0. The van der Waals surface area contributed by atoms with Crippen molar-refractivity contribution >= 4 is 24.1 Å². The maximum absolute atomic E-state index is 13.3. The van der Waals surface area contributed by atoms with Gasteiger partial charge < -0.3 is 11.1 Å². The molecule has 1 heterocycles. The third-order valence-electron chi connectivity index (χ3n) is 4.22. The summed E-state index contributed by atoms with van der Waals surface area (Å²) >= 11 is 0. The number of nitrogens with two attached hydrogens (primary N) is 1. The van der Waals surface area contributed by atoms with E-state index in [1.165, 1.54) is 18.2 Å². The second kappa shape index (κ2) is 8.21. The summed E-state index contributed by atoms with van der Waals surface area (Å²) < 4.78 is 26.5. The summed E-state index contributed by atoms with van der Waals surface area (Å²) in [7, 11) is 0. The minimum atomic E-state index is -0.681. The van der Waals surface area contributed by atoms with Crippen molar-refractivity contribution in [3.8, 4) is 11.3 Å². The molecule has 24 heavy (non-hydrogen) atoms. The van der Waals surface area contributed by atoms with Crippen molar-refractivity contribution < 1.29 is 13.6 Å². The number of rotatable bonds is 6. The lowest BCUT2D eigenvalue weighted by atomic mass is 9.81. The van der Waals surface area contributed by atoms with E-state index in [0.717, 1.165) is 6.07 Å². The van der Waals surface area contributed by atoms with Crippen LogP contribution in [-0.4, -0.2) is 22.6 Å². The van der Waals surface area contributed by atoms with E-state index in [-0.39, 0.29) is 30.7 Å². The minimum absolute atomic E-state index is 0. The van der Waals surface area contributed by atoms with Gasteiger partial charge in [0, 0.05) is 24.2 Å². The summed E-state index contributed by atoms with van der Waals surface area (Å²) in [4.78, 5) is 12.4. The highest BCUT2D eigenvalue weighted by atomic mass is 35.5. The number of hydrogen-bond donors (Lipinski definition) is 3. The third kappa shape index (κ3) is 4.10. The van der Waals surface area contributed by atoms with Crippen molar-refractivity contribution in [2.75, 3.05) is 11.9 Å². The Morgan fingerprint density at radius 3 is 2.29 bits per heavy atom. The van der Waals surface area contributed by atoms with Crippen LogP contribution in [0.5, 0.6) is 0 Å². The Balaban J connectivity index is 0.00000288. The molecule has 0 aliphatic heterocycles. The second-order valence-corrected chi connectivity index (χ2v) is 5.47. The van der Waals surface area contributed by atoms with Crippen molar-refractivity contribution in [3.63, 3.8) is 0 Å². The van der Waals surface area contributed by atoms with E-state index in [4.69, 9.17) is 5.73 Å². The highest BCUT2D eigenvalue weighted by Crippen LogP contribution is 2.28. The smallest absolute Gasteiger partial charge is 0.233 e. The number of H-pyrrole nitrogens is 1. The highest BCUT2D eigenvalue weighted by Gasteiger charge is 2.33. The number of carbonyl (C=O) groups is 1. The van der Waals surface area contributed by atoms with E-state index in [1.807, 2.05) is 13.8 Å². The molecule has 2 aromatic rings. The molecule has 0 saturated heterocycles. The standard InChI is InChI=1S/C16H20F2N4O.ClH/c1-3-16(4-2,9-19)15(23)20-14-8-13(21-22-14)10-5-11(17)7-12(18)6-10;/h5-8H,3-4,9,19H2,1-2H3,(H2,20,21,22,23);1H. The monoisotopic (exact) mass is 358 g/mol. The summed E-state index contributed by atoms with van der Waals surface area (Å²) in [5.41, 5.74) is 5.81. The van der Waals surface area contributed by atoms with Gasteiger partial charge in [-0.15, -0.1) is 12.4 Å². The molecule has 1 aromatic carbocycles. The fraction of sp³-hybridized carbons (Fsp3) is 0.375. The van der Waals surface area contributed by atoms with Crippen LogP contribution in [0.1, 0.15) is 26.7 Å². The van der Waals surface area contributed by atoms with E-state index in [1.54, 1.807) is 0 Å². The maximum atomic E-state index is 13.3. The Labute approximate surface area is 145 Å². The number of nitrogens with one attached hydrogen (secondary N) is 2. The molecule has 4 N–H and O–H groups in total. The number of hydrogen-bond acceptors (Lipinski definition) is 3. The Morgan fingerprint density at radius 1 is 1.21 bits per heavy atom. The molecule has 132 valence electrons. The van der Waals surface area contributed by atoms with Crippen LogP contribution in [0, 0.1) is 17.0 Å². The van der Waals surface area contributed by atoms with Crippen molar-refractivity contribution in [1.82, 2.24) is 10.2 Å². The average molecular weight is 359 g/mol. The van der Waals surface area contributed by atoms with Crippen LogP contribution in [0.25, 0.3) is 11.3 Å².